The van der Waals surface area contributed by atoms with Gasteiger partial charge in [-0.25, -0.2) is 0 Å². The monoisotopic (exact) mass is 333 g/mol. The van der Waals surface area contributed by atoms with Crippen molar-refractivity contribution in [3.8, 4) is 0 Å². The molecule has 0 saturated heterocycles. The molecule has 2 aromatic rings. The van der Waals surface area contributed by atoms with Crippen LogP contribution in [0.25, 0.3) is 10.9 Å². The van der Waals surface area contributed by atoms with Gasteiger partial charge in [-0.3, -0.25) is 0 Å². The summed E-state index contributed by atoms with van der Waals surface area (Å²) >= 11 is 6.12. The van der Waals surface area contributed by atoms with Crippen molar-refractivity contribution in [2.24, 2.45) is 0 Å². The average molecular weight is 334 g/mol. The summed E-state index contributed by atoms with van der Waals surface area (Å²) in [5, 5.41) is 1.93. The second-order valence-corrected chi connectivity index (χ2v) is 4.09. The molecule has 0 bridgehead atoms. The van der Waals surface area contributed by atoms with Crippen molar-refractivity contribution in [2.75, 3.05) is 0 Å². The molecule has 80 valence electrons. The average Bonchev–Trinajstić information content (AvgIpc) is 2.18. The Morgan fingerprint density at radius 3 is 2.47 bits per heavy atom. The van der Waals surface area contributed by atoms with E-state index >= 15 is 0 Å². The van der Waals surface area contributed by atoms with Gasteiger partial charge in [0.15, 0.2) is 12.2 Å². The minimum absolute atomic E-state index is 0. The summed E-state index contributed by atoms with van der Waals surface area (Å²) in [5.74, 6) is 0. The molecule has 3 heteroatoms. The number of hydrogen-bond acceptors (Lipinski definition) is 0. The molecule has 0 radical (unpaired) electrons. The SMILES string of the molecule is CC(C)[n+]1ccc(Cl)c2ccccc21.[I-]. The summed E-state index contributed by atoms with van der Waals surface area (Å²) in [4.78, 5) is 0. The van der Waals surface area contributed by atoms with Crippen LogP contribution in [0.1, 0.15) is 19.9 Å². The van der Waals surface area contributed by atoms with Gasteiger partial charge in [-0.05, 0) is 19.9 Å². The fourth-order valence-electron chi connectivity index (χ4n) is 1.67. The van der Waals surface area contributed by atoms with E-state index in [1.807, 2.05) is 24.4 Å². The van der Waals surface area contributed by atoms with Crippen LogP contribution in [0.15, 0.2) is 36.5 Å². The predicted molar refractivity (Wildman–Crippen MR) is 59.5 cm³/mol. The van der Waals surface area contributed by atoms with Gasteiger partial charge in [0, 0.05) is 12.1 Å². The number of nitrogens with zero attached hydrogens (tertiary/aromatic N) is 1. The number of para-hydroxylation sites is 1. The van der Waals surface area contributed by atoms with E-state index in [1.165, 1.54) is 5.52 Å². The summed E-state index contributed by atoms with van der Waals surface area (Å²) in [7, 11) is 0. The standard InChI is InChI=1S/C12H13ClN.HI/c1-9(2)14-8-7-11(13)10-5-3-4-6-12(10)14;/h3-9H,1-2H3;1H/q+1;/p-1. The molecule has 1 aromatic carbocycles. The van der Waals surface area contributed by atoms with Crippen LogP contribution < -0.4 is 28.5 Å². The molecule has 2 rings (SSSR count). The Bertz CT molecular complexity index is 468. The van der Waals surface area contributed by atoms with Crippen LogP contribution in [0.4, 0.5) is 0 Å². The van der Waals surface area contributed by atoms with Gasteiger partial charge in [-0.1, -0.05) is 23.7 Å². The van der Waals surface area contributed by atoms with Crippen LogP contribution >= 0.6 is 11.6 Å². The van der Waals surface area contributed by atoms with Crippen LogP contribution in [0, 0.1) is 0 Å². The minimum atomic E-state index is 0. The molecule has 0 aliphatic rings. The summed E-state index contributed by atoms with van der Waals surface area (Å²) in [6.07, 6.45) is 2.04. The zero-order valence-electron chi connectivity index (χ0n) is 8.74. The lowest BCUT2D eigenvalue weighted by molar-refractivity contribution is -0.691. The largest absolute Gasteiger partial charge is 1.00 e. The van der Waals surface area contributed by atoms with Crippen LogP contribution in [-0.4, -0.2) is 0 Å². The number of pyridine rings is 1. The number of fused-ring (bicyclic) bond motifs is 1. The molecule has 0 aliphatic heterocycles. The van der Waals surface area contributed by atoms with Gasteiger partial charge >= 0.3 is 0 Å². The van der Waals surface area contributed by atoms with E-state index < -0.39 is 0 Å². The Morgan fingerprint density at radius 2 is 1.80 bits per heavy atom. The summed E-state index contributed by atoms with van der Waals surface area (Å²) < 4.78 is 2.22. The maximum Gasteiger partial charge on any atom is 0.214 e. The van der Waals surface area contributed by atoms with Crippen molar-refractivity contribution in [3.05, 3.63) is 41.6 Å². The van der Waals surface area contributed by atoms with Crippen molar-refractivity contribution >= 4 is 22.5 Å². The molecule has 0 atom stereocenters. The molecule has 0 fully saturated rings. The van der Waals surface area contributed by atoms with Gasteiger partial charge in [0.05, 0.1) is 10.4 Å². The van der Waals surface area contributed by atoms with Crippen molar-refractivity contribution in [3.63, 3.8) is 0 Å². The molecule has 0 spiro atoms. The zero-order chi connectivity index (χ0) is 10.1. The number of aromatic nitrogens is 1. The first kappa shape index (κ1) is 12.7. The summed E-state index contributed by atoms with van der Waals surface area (Å²) in [6, 6.07) is 10.6. The van der Waals surface area contributed by atoms with Gasteiger partial charge in [0.1, 0.15) is 0 Å². The van der Waals surface area contributed by atoms with Gasteiger partial charge in [0.25, 0.3) is 0 Å². The molecular weight excluding hydrogens is 320 g/mol. The predicted octanol–water partition coefficient (Wildman–Crippen LogP) is 0.366. The third kappa shape index (κ3) is 2.42. The van der Waals surface area contributed by atoms with Gasteiger partial charge < -0.3 is 24.0 Å². The first-order valence-corrected chi connectivity index (χ1v) is 5.16. The van der Waals surface area contributed by atoms with Crippen LogP contribution in [0.2, 0.25) is 5.02 Å². The van der Waals surface area contributed by atoms with E-state index in [2.05, 4.69) is 30.5 Å². The normalized spacial score (nSPS) is 10.4. The van der Waals surface area contributed by atoms with E-state index in [0.717, 1.165) is 10.4 Å². The Kier molecular flexibility index (Phi) is 4.34. The van der Waals surface area contributed by atoms with E-state index in [0.29, 0.717) is 6.04 Å². The fraction of sp³-hybridized carbons (Fsp3) is 0.250. The molecular formula is C12H13ClIN. The molecule has 0 aliphatic carbocycles. The Labute approximate surface area is 112 Å². The lowest BCUT2D eigenvalue weighted by Crippen LogP contribution is -3.00. The first-order chi connectivity index (χ1) is 6.70. The molecule has 1 aromatic heterocycles. The maximum atomic E-state index is 6.12. The lowest BCUT2D eigenvalue weighted by atomic mass is 10.2. The Hall–Kier alpha value is -0.350. The smallest absolute Gasteiger partial charge is 0.214 e. The first-order valence-electron chi connectivity index (χ1n) is 4.78. The van der Waals surface area contributed by atoms with Gasteiger partial charge in [-0.2, -0.15) is 4.57 Å². The van der Waals surface area contributed by atoms with Gasteiger partial charge in [0.2, 0.25) is 5.52 Å². The van der Waals surface area contributed by atoms with Crippen molar-refractivity contribution in [1.82, 2.24) is 0 Å². The molecule has 15 heavy (non-hydrogen) atoms. The van der Waals surface area contributed by atoms with Crippen molar-refractivity contribution in [1.29, 1.82) is 0 Å². The summed E-state index contributed by atoms with van der Waals surface area (Å²) in [5.41, 5.74) is 1.19. The fourth-order valence-corrected chi connectivity index (χ4v) is 1.88. The highest BCUT2D eigenvalue weighted by atomic mass is 127. The molecule has 0 amide bonds. The number of benzene rings is 1. The second-order valence-electron chi connectivity index (χ2n) is 3.68. The van der Waals surface area contributed by atoms with Crippen LogP contribution in [-0.2, 0) is 0 Å². The topological polar surface area (TPSA) is 3.88 Å². The Balaban J connectivity index is 0.00000112. The van der Waals surface area contributed by atoms with Crippen LogP contribution in [0.3, 0.4) is 0 Å². The van der Waals surface area contributed by atoms with E-state index in [9.17, 15) is 0 Å². The number of rotatable bonds is 1. The van der Waals surface area contributed by atoms with Crippen LogP contribution in [0.5, 0.6) is 0 Å². The Morgan fingerprint density at radius 1 is 1.13 bits per heavy atom. The quantitative estimate of drug-likeness (QED) is 0.524. The third-order valence-corrected chi connectivity index (χ3v) is 2.71. The molecule has 1 heterocycles. The molecule has 1 nitrogen and oxygen atoms in total. The highest BCUT2D eigenvalue weighted by Crippen LogP contribution is 2.20. The minimum Gasteiger partial charge on any atom is -1.00 e. The maximum absolute atomic E-state index is 6.12. The van der Waals surface area contributed by atoms with E-state index in [1.54, 1.807) is 0 Å². The zero-order valence-corrected chi connectivity index (χ0v) is 11.7. The van der Waals surface area contributed by atoms with Crippen molar-refractivity contribution in [2.45, 2.75) is 19.9 Å². The number of hydrogen-bond donors (Lipinski definition) is 0. The van der Waals surface area contributed by atoms with Crippen molar-refractivity contribution < 1.29 is 28.5 Å². The third-order valence-electron chi connectivity index (χ3n) is 2.38. The molecule has 0 unspecified atom stereocenters. The highest BCUT2D eigenvalue weighted by Gasteiger charge is 2.13. The lowest BCUT2D eigenvalue weighted by Gasteiger charge is -2.04. The van der Waals surface area contributed by atoms with E-state index in [4.69, 9.17) is 11.6 Å². The summed E-state index contributed by atoms with van der Waals surface area (Å²) in [6.45, 7) is 4.33. The molecule has 0 N–H and O–H groups in total. The van der Waals surface area contributed by atoms with Gasteiger partial charge in [-0.15, -0.1) is 0 Å². The highest BCUT2D eigenvalue weighted by molar-refractivity contribution is 6.35. The number of halogens is 2. The molecule has 0 saturated carbocycles. The second kappa shape index (κ2) is 5.12. The van der Waals surface area contributed by atoms with E-state index in [-0.39, 0.29) is 24.0 Å².